The Bertz CT molecular complexity index is 1610. The first-order chi connectivity index (χ1) is 19.0. The van der Waals surface area contributed by atoms with Gasteiger partial charge in [-0.1, -0.05) is 79.3 Å². The van der Waals surface area contributed by atoms with Gasteiger partial charge in [0.1, 0.15) is 4.93 Å². The fraction of sp³-hybridized carbons (Fsp3) is 0.265. The van der Waals surface area contributed by atoms with Crippen LogP contribution in [-0.4, -0.2) is 29.8 Å². The van der Waals surface area contributed by atoms with Crippen molar-refractivity contribution in [1.82, 2.24) is 0 Å². The van der Waals surface area contributed by atoms with Crippen LogP contribution in [0.4, 0.5) is 10.5 Å². The van der Waals surface area contributed by atoms with Gasteiger partial charge in [-0.3, -0.25) is 4.90 Å². The number of aryl methyl sites for hydroxylation is 1. The zero-order valence-corrected chi connectivity index (χ0v) is 23.2. The van der Waals surface area contributed by atoms with E-state index in [1.807, 2.05) is 42.7 Å². The van der Waals surface area contributed by atoms with E-state index < -0.39 is 4.93 Å². The van der Waals surface area contributed by atoms with Gasteiger partial charge in [0.25, 0.3) is 0 Å². The minimum Gasteiger partial charge on any atom is -0.449 e. The monoisotopic (exact) mass is 535 g/mol. The number of carbonyl (C=O) groups excluding carboxylic acids is 1. The van der Waals surface area contributed by atoms with E-state index in [1.165, 1.54) is 49.3 Å². The lowest BCUT2D eigenvalue weighted by Gasteiger charge is -2.39. The van der Waals surface area contributed by atoms with Crippen LogP contribution in [0.2, 0.25) is 0 Å². The van der Waals surface area contributed by atoms with E-state index in [0.29, 0.717) is 6.61 Å². The highest BCUT2D eigenvalue weighted by molar-refractivity contribution is 8.03. The SMILES string of the molecule is CCCOC(=O)N(C)c1ccc(C2=CC(O)(C3CCCc4ccc5c(ccc6ccccc65)c43)SC=C2)cc1. The third-order valence-electron chi connectivity index (χ3n) is 8.00. The lowest BCUT2D eigenvalue weighted by molar-refractivity contribution is 0.147. The number of carbonyl (C=O) groups is 1. The molecule has 0 saturated heterocycles. The second-order valence-electron chi connectivity index (χ2n) is 10.5. The normalized spacial score (nSPS) is 20.5. The maximum absolute atomic E-state index is 12.3. The smallest absolute Gasteiger partial charge is 0.414 e. The lowest BCUT2D eigenvalue weighted by atomic mass is 9.76. The van der Waals surface area contributed by atoms with Crippen molar-refractivity contribution in [1.29, 1.82) is 0 Å². The first-order valence-electron chi connectivity index (χ1n) is 13.7. The second-order valence-corrected chi connectivity index (χ2v) is 11.6. The number of allylic oxidation sites excluding steroid dienone is 2. The molecule has 39 heavy (non-hydrogen) atoms. The predicted octanol–water partition coefficient (Wildman–Crippen LogP) is 8.43. The van der Waals surface area contributed by atoms with Crippen molar-refractivity contribution in [2.45, 2.75) is 43.5 Å². The number of fused-ring (bicyclic) bond motifs is 5. The molecule has 1 heterocycles. The standard InChI is InChI=1S/C34H33NO3S/c1-3-20-38-33(36)35(2)27-15-11-23(12-16-27)26-19-21-39-34(37,22-26)31-10-6-8-25-14-17-29-28-9-5-4-7-24(28)13-18-30(29)32(25)31/h4-5,7,9,11-19,21-22,31,37H,3,6,8,10,20H2,1-2H3. The molecule has 6 rings (SSSR count). The highest BCUT2D eigenvalue weighted by atomic mass is 32.2. The van der Waals surface area contributed by atoms with Crippen LogP contribution in [-0.2, 0) is 11.2 Å². The van der Waals surface area contributed by atoms with Gasteiger partial charge in [0.15, 0.2) is 0 Å². The van der Waals surface area contributed by atoms with Crippen LogP contribution in [0.3, 0.4) is 0 Å². The molecule has 0 spiro atoms. The summed E-state index contributed by atoms with van der Waals surface area (Å²) < 4.78 is 5.26. The van der Waals surface area contributed by atoms with E-state index in [0.717, 1.165) is 42.5 Å². The third-order valence-corrected chi connectivity index (χ3v) is 9.05. The summed E-state index contributed by atoms with van der Waals surface area (Å²) in [6.07, 6.45) is 7.56. The Morgan fingerprint density at radius 2 is 1.82 bits per heavy atom. The van der Waals surface area contributed by atoms with Crippen LogP contribution in [0, 0.1) is 0 Å². The average molecular weight is 536 g/mol. The summed E-state index contributed by atoms with van der Waals surface area (Å²) >= 11 is 1.49. The molecule has 0 saturated carbocycles. The van der Waals surface area contributed by atoms with Gasteiger partial charge in [0.2, 0.25) is 0 Å². The van der Waals surface area contributed by atoms with Crippen LogP contribution in [0.5, 0.6) is 0 Å². The van der Waals surface area contributed by atoms with Crippen LogP contribution in [0.1, 0.15) is 48.8 Å². The van der Waals surface area contributed by atoms with Crippen molar-refractivity contribution in [3.63, 3.8) is 0 Å². The highest BCUT2D eigenvalue weighted by Crippen LogP contribution is 2.51. The summed E-state index contributed by atoms with van der Waals surface area (Å²) in [5.74, 6) is -0.0187. The zero-order valence-electron chi connectivity index (χ0n) is 22.4. The number of amides is 1. The van der Waals surface area contributed by atoms with Crippen molar-refractivity contribution in [3.8, 4) is 0 Å². The molecule has 4 aromatic rings. The van der Waals surface area contributed by atoms with Crippen molar-refractivity contribution in [2.24, 2.45) is 0 Å². The number of hydrogen-bond acceptors (Lipinski definition) is 4. The van der Waals surface area contributed by atoms with E-state index >= 15 is 0 Å². The largest absolute Gasteiger partial charge is 0.449 e. The van der Waals surface area contributed by atoms with E-state index in [-0.39, 0.29) is 12.0 Å². The zero-order chi connectivity index (χ0) is 27.0. The molecule has 0 fully saturated rings. The van der Waals surface area contributed by atoms with Crippen molar-refractivity contribution in [3.05, 3.63) is 107 Å². The Morgan fingerprint density at radius 1 is 1.03 bits per heavy atom. The number of ether oxygens (including phenoxy) is 1. The maximum Gasteiger partial charge on any atom is 0.414 e. The molecule has 2 unspecified atom stereocenters. The molecule has 4 nitrogen and oxygen atoms in total. The minimum atomic E-state index is -1.06. The van der Waals surface area contributed by atoms with E-state index in [1.54, 1.807) is 7.05 Å². The van der Waals surface area contributed by atoms with Gasteiger partial charge in [-0.05, 0) is 99.2 Å². The van der Waals surface area contributed by atoms with Crippen molar-refractivity contribution < 1.29 is 14.6 Å². The summed E-state index contributed by atoms with van der Waals surface area (Å²) in [7, 11) is 1.72. The van der Waals surface area contributed by atoms with Gasteiger partial charge >= 0.3 is 6.09 Å². The number of thioether (sulfide) groups is 1. The van der Waals surface area contributed by atoms with E-state index in [2.05, 4.69) is 54.6 Å². The Balaban J connectivity index is 1.35. The van der Waals surface area contributed by atoms with Gasteiger partial charge < -0.3 is 9.84 Å². The van der Waals surface area contributed by atoms with Crippen LogP contribution in [0.15, 0.2) is 90.4 Å². The van der Waals surface area contributed by atoms with Crippen LogP contribution < -0.4 is 4.90 Å². The fourth-order valence-electron chi connectivity index (χ4n) is 5.99. The van der Waals surface area contributed by atoms with Crippen LogP contribution in [0.25, 0.3) is 27.1 Å². The molecule has 1 aliphatic heterocycles. The van der Waals surface area contributed by atoms with Gasteiger partial charge in [-0.15, -0.1) is 0 Å². The number of anilines is 1. The molecule has 0 radical (unpaired) electrons. The Kier molecular flexibility index (Phi) is 6.96. The molecule has 2 atom stereocenters. The Morgan fingerprint density at radius 3 is 2.64 bits per heavy atom. The molecule has 5 heteroatoms. The molecule has 4 aromatic carbocycles. The topological polar surface area (TPSA) is 49.8 Å². The lowest BCUT2D eigenvalue weighted by Crippen LogP contribution is -2.34. The molecular formula is C34H33NO3S. The summed E-state index contributed by atoms with van der Waals surface area (Å²) in [6, 6.07) is 25.4. The predicted molar refractivity (Wildman–Crippen MR) is 163 cm³/mol. The van der Waals surface area contributed by atoms with E-state index in [4.69, 9.17) is 4.74 Å². The van der Waals surface area contributed by atoms with Gasteiger partial charge in [-0.2, -0.15) is 0 Å². The molecule has 0 aromatic heterocycles. The fourth-order valence-corrected chi connectivity index (χ4v) is 7.02. The number of nitrogens with zero attached hydrogens (tertiary/aromatic N) is 1. The van der Waals surface area contributed by atoms with Crippen molar-refractivity contribution in [2.75, 3.05) is 18.6 Å². The first kappa shape index (κ1) is 25.7. The summed E-state index contributed by atoms with van der Waals surface area (Å²) in [4.78, 5) is 12.7. The quantitative estimate of drug-likeness (QED) is 0.261. The highest BCUT2D eigenvalue weighted by Gasteiger charge is 2.40. The van der Waals surface area contributed by atoms with Crippen LogP contribution >= 0.6 is 11.8 Å². The molecular weight excluding hydrogens is 502 g/mol. The van der Waals surface area contributed by atoms with E-state index in [9.17, 15) is 9.90 Å². The second kappa shape index (κ2) is 10.6. The summed E-state index contributed by atoms with van der Waals surface area (Å²) in [5.41, 5.74) is 5.38. The number of hydrogen-bond donors (Lipinski definition) is 1. The third kappa shape index (κ3) is 4.75. The molecule has 1 N–H and O–H groups in total. The molecule has 0 bridgehead atoms. The Labute approximate surface area is 234 Å². The molecule has 198 valence electrons. The van der Waals surface area contributed by atoms with Crippen molar-refractivity contribution >= 4 is 50.7 Å². The molecule has 1 aliphatic carbocycles. The summed E-state index contributed by atoms with van der Waals surface area (Å²) in [6.45, 7) is 2.38. The summed E-state index contributed by atoms with van der Waals surface area (Å²) in [5, 5.41) is 19.2. The van der Waals surface area contributed by atoms with Gasteiger partial charge in [0.05, 0.1) is 6.61 Å². The number of rotatable bonds is 5. The average Bonchev–Trinajstić information content (AvgIpc) is 2.99. The first-order valence-corrected chi connectivity index (χ1v) is 14.6. The maximum atomic E-state index is 12.3. The van der Waals surface area contributed by atoms with Gasteiger partial charge in [-0.25, -0.2) is 4.79 Å². The minimum absolute atomic E-state index is 0.0187. The Hall–Kier alpha value is -3.54. The molecule has 1 amide bonds. The number of aliphatic hydroxyl groups is 1. The van der Waals surface area contributed by atoms with Gasteiger partial charge in [0, 0.05) is 18.7 Å². The molecule has 2 aliphatic rings. The number of benzene rings is 4.